The fraction of sp³-hybridized carbons (Fsp3) is 0.600. The second kappa shape index (κ2) is 10.7. The Labute approximate surface area is 172 Å². The number of amides is 1. The van der Waals surface area contributed by atoms with Crippen LogP contribution in [0.5, 0.6) is 0 Å². The quantitative estimate of drug-likeness (QED) is 0.638. The van der Waals surface area contributed by atoms with Crippen molar-refractivity contribution in [1.82, 2.24) is 9.62 Å². The third-order valence-electron chi connectivity index (χ3n) is 4.72. The first-order chi connectivity index (χ1) is 13.7. The van der Waals surface area contributed by atoms with Gasteiger partial charge >= 0.3 is 5.97 Å². The van der Waals surface area contributed by atoms with Crippen molar-refractivity contribution >= 4 is 21.9 Å². The lowest BCUT2D eigenvalue weighted by Gasteiger charge is -2.24. The van der Waals surface area contributed by atoms with Gasteiger partial charge in [0, 0.05) is 26.2 Å². The molecule has 0 unspecified atom stereocenters. The molecule has 9 heteroatoms. The van der Waals surface area contributed by atoms with Crippen LogP contribution < -0.4 is 4.72 Å². The lowest BCUT2D eigenvalue weighted by Crippen LogP contribution is -2.40. The highest BCUT2D eigenvalue weighted by atomic mass is 32.2. The molecule has 162 valence electrons. The zero-order valence-corrected chi connectivity index (χ0v) is 18.0. The largest absolute Gasteiger partial charge is 0.449 e. The molecule has 1 amide bonds. The predicted molar refractivity (Wildman–Crippen MR) is 108 cm³/mol. The monoisotopic (exact) mass is 426 g/mol. The van der Waals surface area contributed by atoms with E-state index in [0.29, 0.717) is 13.1 Å². The third kappa shape index (κ3) is 6.80. The molecule has 0 aromatic heterocycles. The summed E-state index contributed by atoms with van der Waals surface area (Å²) >= 11 is 0. The molecule has 1 aliphatic rings. The molecule has 1 aliphatic heterocycles. The fourth-order valence-corrected chi connectivity index (χ4v) is 4.44. The minimum Gasteiger partial charge on any atom is -0.449 e. The zero-order valence-electron chi connectivity index (χ0n) is 17.2. The second-order valence-electron chi connectivity index (χ2n) is 7.29. The number of carbonyl (C=O) groups excluding carboxylic acids is 2. The zero-order chi connectivity index (χ0) is 21.4. The molecule has 8 nitrogen and oxygen atoms in total. The molecule has 1 saturated heterocycles. The van der Waals surface area contributed by atoms with E-state index in [1.165, 1.54) is 31.4 Å². The Morgan fingerprint density at radius 2 is 1.66 bits per heavy atom. The van der Waals surface area contributed by atoms with E-state index in [1.54, 1.807) is 18.7 Å². The fourth-order valence-electron chi connectivity index (χ4n) is 3.21. The van der Waals surface area contributed by atoms with E-state index in [9.17, 15) is 18.0 Å². The van der Waals surface area contributed by atoms with Crippen molar-refractivity contribution in [1.29, 1.82) is 0 Å². The molecule has 1 aromatic carbocycles. The number of hydrogen-bond donors (Lipinski definition) is 1. The summed E-state index contributed by atoms with van der Waals surface area (Å²) in [5.41, 5.74) is 0.185. The number of nitrogens with zero attached hydrogens (tertiary/aromatic N) is 1. The molecular weight excluding hydrogens is 396 g/mol. The first-order valence-corrected chi connectivity index (χ1v) is 11.3. The average Bonchev–Trinajstić information content (AvgIpc) is 2.96. The number of esters is 1. The predicted octanol–water partition coefficient (Wildman–Crippen LogP) is 1.95. The van der Waals surface area contributed by atoms with Crippen LogP contribution in [0.2, 0.25) is 0 Å². The van der Waals surface area contributed by atoms with Gasteiger partial charge in [0.15, 0.2) is 6.10 Å². The molecule has 1 aromatic rings. The molecule has 0 radical (unpaired) electrons. The summed E-state index contributed by atoms with van der Waals surface area (Å²) in [6, 6.07) is 5.03. The Bertz CT molecular complexity index is 786. The van der Waals surface area contributed by atoms with Gasteiger partial charge in [-0.05, 0) is 51.0 Å². The van der Waals surface area contributed by atoms with Crippen LogP contribution in [-0.4, -0.2) is 64.1 Å². The number of rotatable bonds is 8. The Morgan fingerprint density at radius 1 is 1.07 bits per heavy atom. The summed E-state index contributed by atoms with van der Waals surface area (Å²) in [6.07, 6.45) is 3.23. The lowest BCUT2D eigenvalue weighted by atomic mass is 10.2. The molecule has 1 heterocycles. The highest BCUT2D eigenvalue weighted by Gasteiger charge is 2.25. The van der Waals surface area contributed by atoms with Crippen molar-refractivity contribution in [2.45, 2.75) is 56.6 Å². The minimum atomic E-state index is -3.72. The maximum Gasteiger partial charge on any atom is 0.338 e. The van der Waals surface area contributed by atoms with Crippen LogP contribution in [0.3, 0.4) is 0 Å². The summed E-state index contributed by atoms with van der Waals surface area (Å²) < 4.78 is 37.4. The molecule has 0 saturated carbocycles. The van der Waals surface area contributed by atoms with Crippen LogP contribution in [0.1, 0.15) is 49.9 Å². The second-order valence-corrected chi connectivity index (χ2v) is 9.00. The van der Waals surface area contributed by atoms with Crippen molar-refractivity contribution in [3.05, 3.63) is 29.8 Å². The van der Waals surface area contributed by atoms with E-state index >= 15 is 0 Å². The van der Waals surface area contributed by atoms with Crippen molar-refractivity contribution < 1.29 is 27.5 Å². The van der Waals surface area contributed by atoms with Gasteiger partial charge in [-0.3, -0.25) is 4.79 Å². The van der Waals surface area contributed by atoms with Gasteiger partial charge in [0.1, 0.15) is 0 Å². The topological polar surface area (TPSA) is 102 Å². The molecule has 2 rings (SSSR count). The van der Waals surface area contributed by atoms with Crippen molar-refractivity contribution in [3.8, 4) is 0 Å². The molecule has 1 N–H and O–H groups in total. The number of likely N-dealkylation sites (tertiary alicyclic amines) is 1. The minimum absolute atomic E-state index is 0.0331. The Balaban J connectivity index is 1.98. The first-order valence-electron chi connectivity index (χ1n) is 9.85. The van der Waals surface area contributed by atoms with Gasteiger partial charge in [-0.1, -0.05) is 12.8 Å². The van der Waals surface area contributed by atoms with Gasteiger partial charge in [0.2, 0.25) is 10.0 Å². The van der Waals surface area contributed by atoms with Gasteiger partial charge in [0.05, 0.1) is 17.1 Å². The molecule has 29 heavy (non-hydrogen) atoms. The first kappa shape index (κ1) is 23.3. The van der Waals surface area contributed by atoms with E-state index in [0.717, 1.165) is 25.7 Å². The van der Waals surface area contributed by atoms with Crippen LogP contribution in [-0.2, 0) is 24.3 Å². The SMILES string of the molecule is COC[C@H](C)NS(=O)(=O)c1ccc(C(=O)O[C@@H](C)C(=O)N2CCCCCC2)cc1. The van der Waals surface area contributed by atoms with Crippen molar-refractivity contribution in [2.75, 3.05) is 26.8 Å². The number of hydrogen-bond acceptors (Lipinski definition) is 6. The van der Waals surface area contributed by atoms with E-state index < -0.39 is 22.1 Å². The normalized spacial score (nSPS) is 17.3. The summed E-state index contributed by atoms with van der Waals surface area (Å²) in [5, 5.41) is 0. The summed E-state index contributed by atoms with van der Waals surface area (Å²) in [5.74, 6) is -0.860. The van der Waals surface area contributed by atoms with Crippen LogP contribution in [0.15, 0.2) is 29.2 Å². The molecule has 0 bridgehead atoms. The number of ether oxygens (including phenoxy) is 2. The van der Waals surface area contributed by atoms with Gasteiger partial charge in [-0.25, -0.2) is 17.9 Å². The smallest absolute Gasteiger partial charge is 0.338 e. The molecule has 0 aliphatic carbocycles. The van der Waals surface area contributed by atoms with Crippen LogP contribution >= 0.6 is 0 Å². The van der Waals surface area contributed by atoms with Gasteiger partial charge in [0.25, 0.3) is 5.91 Å². The molecule has 0 spiro atoms. The third-order valence-corrected chi connectivity index (χ3v) is 6.33. The standard InChI is InChI=1S/C20H30N2O6S/c1-15(14-27-3)21-29(25,26)18-10-8-17(9-11-18)20(24)28-16(2)19(23)22-12-6-4-5-7-13-22/h8-11,15-16,21H,4-7,12-14H2,1-3H3/t15-,16-/m0/s1. The number of benzene rings is 1. The van der Waals surface area contributed by atoms with Crippen LogP contribution in [0.4, 0.5) is 0 Å². The number of carbonyl (C=O) groups is 2. The molecule has 2 atom stereocenters. The number of sulfonamides is 1. The molecule has 1 fully saturated rings. The number of nitrogens with one attached hydrogen (secondary N) is 1. The van der Waals surface area contributed by atoms with Crippen molar-refractivity contribution in [3.63, 3.8) is 0 Å². The van der Waals surface area contributed by atoms with Crippen LogP contribution in [0.25, 0.3) is 0 Å². The van der Waals surface area contributed by atoms with Crippen LogP contribution in [0, 0.1) is 0 Å². The van der Waals surface area contributed by atoms with E-state index in [-0.39, 0.29) is 29.0 Å². The lowest BCUT2D eigenvalue weighted by molar-refractivity contribution is -0.139. The van der Waals surface area contributed by atoms with Gasteiger partial charge in [-0.15, -0.1) is 0 Å². The van der Waals surface area contributed by atoms with Gasteiger partial charge < -0.3 is 14.4 Å². The Morgan fingerprint density at radius 3 is 2.21 bits per heavy atom. The maximum absolute atomic E-state index is 12.5. The highest BCUT2D eigenvalue weighted by Crippen LogP contribution is 2.15. The van der Waals surface area contributed by atoms with Crippen molar-refractivity contribution in [2.24, 2.45) is 0 Å². The van der Waals surface area contributed by atoms with E-state index in [4.69, 9.17) is 9.47 Å². The average molecular weight is 427 g/mol. The van der Waals surface area contributed by atoms with E-state index in [2.05, 4.69) is 4.72 Å². The van der Waals surface area contributed by atoms with Gasteiger partial charge in [-0.2, -0.15) is 0 Å². The summed E-state index contributed by atoms with van der Waals surface area (Å²) in [7, 11) is -2.23. The van der Waals surface area contributed by atoms with E-state index in [1.807, 2.05) is 0 Å². The summed E-state index contributed by atoms with van der Waals surface area (Å²) in [4.78, 5) is 26.6. The summed E-state index contributed by atoms with van der Waals surface area (Å²) in [6.45, 7) is 4.86. The molecular formula is C20H30N2O6S. The maximum atomic E-state index is 12.5. The highest BCUT2D eigenvalue weighted by molar-refractivity contribution is 7.89. The number of methoxy groups -OCH3 is 1. The Kier molecular flexibility index (Phi) is 8.60. The Hall–Kier alpha value is -1.97.